The van der Waals surface area contributed by atoms with E-state index in [1.165, 1.54) is 0 Å². The van der Waals surface area contributed by atoms with E-state index in [0.29, 0.717) is 24.4 Å². The minimum atomic E-state index is -0.156. The van der Waals surface area contributed by atoms with Gasteiger partial charge in [-0.2, -0.15) is 0 Å². The maximum Gasteiger partial charge on any atom is 0.257 e. The second-order valence-corrected chi connectivity index (χ2v) is 4.03. The van der Waals surface area contributed by atoms with E-state index in [0.717, 1.165) is 5.69 Å². The SMILES string of the molecule is Nc1ccc(OCC(=O)NCCc2cnc[nH]2)cc1. The molecule has 19 heavy (non-hydrogen) atoms. The van der Waals surface area contributed by atoms with Crippen molar-refractivity contribution < 1.29 is 9.53 Å². The molecule has 1 heterocycles. The maximum absolute atomic E-state index is 11.5. The number of ether oxygens (including phenoxy) is 1. The molecule has 4 N–H and O–H groups in total. The number of anilines is 1. The van der Waals surface area contributed by atoms with Gasteiger partial charge < -0.3 is 20.8 Å². The van der Waals surface area contributed by atoms with Crippen LogP contribution < -0.4 is 15.8 Å². The van der Waals surface area contributed by atoms with Crippen LogP contribution in [0.4, 0.5) is 5.69 Å². The number of hydrogen-bond acceptors (Lipinski definition) is 4. The predicted octanol–water partition coefficient (Wildman–Crippen LogP) is 0.730. The normalized spacial score (nSPS) is 10.1. The predicted molar refractivity (Wildman–Crippen MR) is 71.7 cm³/mol. The molecule has 0 aliphatic heterocycles. The first-order chi connectivity index (χ1) is 9.24. The highest BCUT2D eigenvalue weighted by Gasteiger charge is 2.02. The first-order valence-electron chi connectivity index (χ1n) is 5.96. The Kier molecular flexibility index (Phi) is 4.39. The summed E-state index contributed by atoms with van der Waals surface area (Å²) in [7, 11) is 0. The molecule has 100 valence electrons. The molecule has 0 radical (unpaired) electrons. The Hall–Kier alpha value is -2.50. The van der Waals surface area contributed by atoms with E-state index in [1.807, 2.05) is 0 Å². The summed E-state index contributed by atoms with van der Waals surface area (Å²) in [6.45, 7) is 0.541. The van der Waals surface area contributed by atoms with Crippen molar-refractivity contribution in [1.29, 1.82) is 0 Å². The monoisotopic (exact) mass is 260 g/mol. The van der Waals surface area contributed by atoms with Gasteiger partial charge in [-0.05, 0) is 24.3 Å². The van der Waals surface area contributed by atoms with Crippen LogP contribution in [0.15, 0.2) is 36.8 Å². The molecule has 6 nitrogen and oxygen atoms in total. The van der Waals surface area contributed by atoms with E-state index in [1.54, 1.807) is 36.8 Å². The summed E-state index contributed by atoms with van der Waals surface area (Å²) in [6, 6.07) is 6.91. The Bertz CT molecular complexity index is 508. The third kappa shape index (κ3) is 4.34. The van der Waals surface area contributed by atoms with Gasteiger partial charge >= 0.3 is 0 Å². The number of H-pyrrole nitrogens is 1. The van der Waals surface area contributed by atoms with E-state index in [2.05, 4.69) is 15.3 Å². The lowest BCUT2D eigenvalue weighted by molar-refractivity contribution is -0.123. The molecule has 0 spiro atoms. The van der Waals surface area contributed by atoms with Gasteiger partial charge in [-0.1, -0.05) is 0 Å². The number of carbonyl (C=O) groups is 1. The number of nitrogen functional groups attached to an aromatic ring is 1. The standard InChI is InChI=1S/C13H16N4O2/c14-10-1-3-12(4-2-10)19-8-13(18)16-6-5-11-7-15-9-17-11/h1-4,7,9H,5-6,8,14H2,(H,15,17)(H,16,18). The summed E-state index contributed by atoms with van der Waals surface area (Å²) in [6.07, 6.45) is 4.06. The summed E-state index contributed by atoms with van der Waals surface area (Å²) in [5.74, 6) is 0.467. The van der Waals surface area contributed by atoms with E-state index in [4.69, 9.17) is 10.5 Å². The number of nitrogens with two attached hydrogens (primary N) is 1. The first-order valence-corrected chi connectivity index (χ1v) is 5.96. The Balaban J connectivity index is 1.65. The Labute approximate surface area is 111 Å². The van der Waals surface area contributed by atoms with Gasteiger partial charge in [-0.25, -0.2) is 4.98 Å². The van der Waals surface area contributed by atoms with Crippen LogP contribution in [0.25, 0.3) is 0 Å². The van der Waals surface area contributed by atoms with Gasteiger partial charge in [-0.15, -0.1) is 0 Å². The van der Waals surface area contributed by atoms with Gasteiger partial charge in [-0.3, -0.25) is 4.79 Å². The second kappa shape index (κ2) is 6.44. The highest BCUT2D eigenvalue weighted by molar-refractivity contribution is 5.77. The molecule has 0 unspecified atom stereocenters. The van der Waals surface area contributed by atoms with Crippen molar-refractivity contribution in [2.75, 3.05) is 18.9 Å². The minimum Gasteiger partial charge on any atom is -0.484 e. The van der Waals surface area contributed by atoms with Crippen molar-refractivity contribution in [3.8, 4) is 5.75 Å². The van der Waals surface area contributed by atoms with Crippen LogP contribution in [0.2, 0.25) is 0 Å². The molecular weight excluding hydrogens is 244 g/mol. The molecule has 2 rings (SSSR count). The van der Waals surface area contributed by atoms with E-state index >= 15 is 0 Å². The van der Waals surface area contributed by atoms with Crippen molar-refractivity contribution in [3.05, 3.63) is 42.5 Å². The summed E-state index contributed by atoms with van der Waals surface area (Å²) in [4.78, 5) is 18.4. The van der Waals surface area contributed by atoms with Crippen LogP contribution in [-0.2, 0) is 11.2 Å². The van der Waals surface area contributed by atoms with Crippen LogP contribution in [0.1, 0.15) is 5.69 Å². The number of carbonyl (C=O) groups excluding carboxylic acids is 1. The molecule has 0 atom stereocenters. The Morgan fingerprint density at radius 3 is 2.84 bits per heavy atom. The van der Waals surface area contributed by atoms with Crippen LogP contribution in [-0.4, -0.2) is 29.0 Å². The summed E-state index contributed by atoms with van der Waals surface area (Å²) in [5, 5.41) is 2.77. The number of hydrogen-bond donors (Lipinski definition) is 3. The molecule has 0 aliphatic carbocycles. The second-order valence-electron chi connectivity index (χ2n) is 4.03. The average molecular weight is 260 g/mol. The van der Waals surface area contributed by atoms with Gasteiger partial charge in [0.1, 0.15) is 5.75 Å². The minimum absolute atomic E-state index is 0.00705. The zero-order chi connectivity index (χ0) is 13.5. The zero-order valence-corrected chi connectivity index (χ0v) is 10.4. The van der Waals surface area contributed by atoms with Crippen molar-refractivity contribution in [2.24, 2.45) is 0 Å². The lowest BCUT2D eigenvalue weighted by Crippen LogP contribution is -2.30. The molecule has 1 aromatic carbocycles. The first kappa shape index (κ1) is 12.9. The van der Waals surface area contributed by atoms with Crippen molar-refractivity contribution in [2.45, 2.75) is 6.42 Å². The molecule has 0 saturated heterocycles. The molecular formula is C13H16N4O2. The number of nitrogens with zero attached hydrogens (tertiary/aromatic N) is 1. The highest BCUT2D eigenvalue weighted by Crippen LogP contribution is 2.12. The molecule has 0 bridgehead atoms. The quantitative estimate of drug-likeness (QED) is 0.667. The van der Waals surface area contributed by atoms with Gasteiger partial charge in [0, 0.05) is 30.5 Å². The fourth-order valence-corrected chi connectivity index (χ4v) is 1.52. The topological polar surface area (TPSA) is 93.0 Å². The fraction of sp³-hybridized carbons (Fsp3) is 0.231. The third-order valence-electron chi connectivity index (χ3n) is 2.52. The summed E-state index contributed by atoms with van der Waals surface area (Å²) >= 11 is 0. The lowest BCUT2D eigenvalue weighted by atomic mass is 10.3. The zero-order valence-electron chi connectivity index (χ0n) is 10.4. The number of aromatic nitrogens is 2. The number of aromatic amines is 1. The lowest BCUT2D eigenvalue weighted by Gasteiger charge is -2.07. The summed E-state index contributed by atoms with van der Waals surface area (Å²) in [5.41, 5.74) is 7.20. The molecule has 0 aliphatic rings. The van der Waals surface area contributed by atoms with Crippen LogP contribution >= 0.6 is 0 Å². The number of amides is 1. The number of nitrogens with one attached hydrogen (secondary N) is 2. The molecule has 0 saturated carbocycles. The summed E-state index contributed by atoms with van der Waals surface area (Å²) < 4.78 is 5.32. The molecule has 2 aromatic rings. The maximum atomic E-state index is 11.5. The van der Waals surface area contributed by atoms with Crippen LogP contribution in [0.5, 0.6) is 5.75 Å². The number of imidazole rings is 1. The van der Waals surface area contributed by atoms with Gasteiger partial charge in [0.15, 0.2) is 6.61 Å². The largest absolute Gasteiger partial charge is 0.484 e. The van der Waals surface area contributed by atoms with Gasteiger partial charge in [0.25, 0.3) is 5.91 Å². The van der Waals surface area contributed by atoms with Crippen LogP contribution in [0, 0.1) is 0 Å². The molecule has 0 fully saturated rings. The van der Waals surface area contributed by atoms with E-state index < -0.39 is 0 Å². The van der Waals surface area contributed by atoms with Gasteiger partial charge in [0.05, 0.1) is 6.33 Å². The van der Waals surface area contributed by atoms with Crippen molar-refractivity contribution in [3.63, 3.8) is 0 Å². The molecule has 1 amide bonds. The smallest absolute Gasteiger partial charge is 0.257 e. The number of rotatable bonds is 6. The Morgan fingerprint density at radius 1 is 1.37 bits per heavy atom. The Morgan fingerprint density at radius 2 is 2.16 bits per heavy atom. The molecule has 6 heteroatoms. The number of benzene rings is 1. The van der Waals surface area contributed by atoms with Crippen molar-refractivity contribution >= 4 is 11.6 Å². The van der Waals surface area contributed by atoms with E-state index in [9.17, 15) is 4.79 Å². The molecule has 1 aromatic heterocycles. The average Bonchev–Trinajstić information content (AvgIpc) is 2.91. The van der Waals surface area contributed by atoms with Gasteiger partial charge in [0.2, 0.25) is 0 Å². The highest BCUT2D eigenvalue weighted by atomic mass is 16.5. The fourth-order valence-electron chi connectivity index (χ4n) is 1.52. The van der Waals surface area contributed by atoms with Crippen molar-refractivity contribution in [1.82, 2.24) is 15.3 Å². The van der Waals surface area contributed by atoms with E-state index in [-0.39, 0.29) is 12.5 Å². The van der Waals surface area contributed by atoms with Crippen LogP contribution in [0.3, 0.4) is 0 Å². The third-order valence-corrected chi connectivity index (χ3v) is 2.52.